The molecular formula is C23H36IN5O. The third kappa shape index (κ3) is 7.50. The van der Waals surface area contributed by atoms with Gasteiger partial charge < -0.3 is 20.0 Å². The highest BCUT2D eigenvalue weighted by Crippen LogP contribution is 2.24. The first-order valence-electron chi connectivity index (χ1n) is 10.8. The first kappa shape index (κ1) is 24.5. The summed E-state index contributed by atoms with van der Waals surface area (Å²) in [4.78, 5) is 9.18. The lowest BCUT2D eigenvalue weighted by molar-refractivity contribution is 0.215. The van der Waals surface area contributed by atoms with Crippen molar-refractivity contribution in [1.29, 1.82) is 0 Å². The number of nitrogens with zero attached hydrogens (tertiary/aromatic N) is 3. The fraction of sp³-hybridized carbons (Fsp3) is 0.522. The molecule has 0 aliphatic carbocycles. The fourth-order valence-electron chi connectivity index (χ4n) is 3.85. The van der Waals surface area contributed by atoms with Crippen LogP contribution in [-0.2, 0) is 0 Å². The van der Waals surface area contributed by atoms with Crippen LogP contribution in [0, 0.1) is 0 Å². The molecule has 0 bridgehead atoms. The Morgan fingerprint density at radius 1 is 1.10 bits per heavy atom. The molecule has 1 aliphatic heterocycles. The summed E-state index contributed by atoms with van der Waals surface area (Å²) in [7, 11) is 3.98. The summed E-state index contributed by atoms with van der Waals surface area (Å²) in [5.41, 5.74) is 1.27. The number of aliphatic imine (C=N–C) groups is 1. The Hall–Kier alpha value is -1.74. The number of anilines is 1. The summed E-state index contributed by atoms with van der Waals surface area (Å²) in [6, 6.07) is 14.8. The first-order chi connectivity index (χ1) is 14.3. The Morgan fingerprint density at radius 2 is 1.87 bits per heavy atom. The molecule has 1 aromatic carbocycles. The van der Waals surface area contributed by atoms with Gasteiger partial charge in [0.05, 0.1) is 12.3 Å². The molecule has 166 valence electrons. The van der Waals surface area contributed by atoms with Gasteiger partial charge in [0.1, 0.15) is 5.76 Å². The Balaban J connectivity index is 0.00000320. The van der Waals surface area contributed by atoms with Gasteiger partial charge in [0.2, 0.25) is 0 Å². The molecule has 30 heavy (non-hydrogen) atoms. The molecule has 2 N–H and O–H groups in total. The molecule has 2 heterocycles. The average Bonchev–Trinajstić information content (AvgIpc) is 3.47. The van der Waals surface area contributed by atoms with Gasteiger partial charge in [-0.05, 0) is 63.0 Å². The summed E-state index contributed by atoms with van der Waals surface area (Å²) in [6.45, 7) is 5.02. The molecule has 1 saturated heterocycles. The van der Waals surface area contributed by atoms with Crippen molar-refractivity contribution >= 4 is 35.6 Å². The standard InChI is InChI=1S/C23H35N5O.HI/c1-24-23(25-14-6-7-15-27(2)20-11-4-3-5-12-20)26-19-21(22-13-10-18-29-22)28-16-8-9-17-28;/h3-5,10-13,18,21H,6-9,14-17,19H2,1-2H3,(H2,24,25,26);1H. The maximum absolute atomic E-state index is 5.70. The van der Waals surface area contributed by atoms with Crippen molar-refractivity contribution in [3.05, 3.63) is 54.5 Å². The van der Waals surface area contributed by atoms with Crippen molar-refractivity contribution in [2.24, 2.45) is 4.99 Å². The number of benzene rings is 1. The van der Waals surface area contributed by atoms with Gasteiger partial charge in [-0.15, -0.1) is 24.0 Å². The quantitative estimate of drug-likeness (QED) is 0.212. The number of para-hydroxylation sites is 1. The summed E-state index contributed by atoms with van der Waals surface area (Å²) in [5, 5.41) is 6.93. The van der Waals surface area contributed by atoms with E-state index in [1.165, 1.54) is 18.5 Å². The Kier molecular flexibility index (Phi) is 11.1. The van der Waals surface area contributed by atoms with E-state index < -0.39 is 0 Å². The minimum Gasteiger partial charge on any atom is -0.468 e. The number of rotatable bonds is 10. The van der Waals surface area contributed by atoms with E-state index in [0.29, 0.717) is 0 Å². The van der Waals surface area contributed by atoms with Crippen molar-refractivity contribution in [3.8, 4) is 0 Å². The minimum absolute atomic E-state index is 0. The van der Waals surface area contributed by atoms with E-state index in [4.69, 9.17) is 4.42 Å². The maximum Gasteiger partial charge on any atom is 0.191 e. The van der Waals surface area contributed by atoms with Gasteiger partial charge in [0.25, 0.3) is 0 Å². The van der Waals surface area contributed by atoms with Gasteiger partial charge in [0, 0.05) is 39.4 Å². The molecule has 1 aromatic heterocycles. The second kappa shape index (κ2) is 13.5. The van der Waals surface area contributed by atoms with Crippen molar-refractivity contribution < 1.29 is 4.42 Å². The molecule has 1 fully saturated rings. The topological polar surface area (TPSA) is 56.0 Å². The monoisotopic (exact) mass is 525 g/mol. The Bertz CT molecular complexity index is 716. The SMILES string of the molecule is CN=C(NCCCCN(C)c1ccccc1)NCC(c1ccco1)N1CCCC1.I. The van der Waals surface area contributed by atoms with Crippen molar-refractivity contribution in [2.75, 3.05) is 51.7 Å². The van der Waals surface area contributed by atoms with E-state index in [9.17, 15) is 0 Å². The van der Waals surface area contributed by atoms with E-state index >= 15 is 0 Å². The molecule has 3 rings (SSSR count). The van der Waals surface area contributed by atoms with Gasteiger partial charge in [-0.1, -0.05) is 18.2 Å². The van der Waals surface area contributed by atoms with Crippen LogP contribution in [0.4, 0.5) is 5.69 Å². The predicted octanol–water partition coefficient (Wildman–Crippen LogP) is 4.12. The lowest BCUT2D eigenvalue weighted by Crippen LogP contribution is -2.43. The van der Waals surface area contributed by atoms with Crippen LogP contribution >= 0.6 is 24.0 Å². The number of furan rings is 1. The van der Waals surface area contributed by atoms with E-state index in [1.54, 1.807) is 6.26 Å². The van der Waals surface area contributed by atoms with E-state index in [2.05, 4.69) is 68.9 Å². The molecule has 0 saturated carbocycles. The van der Waals surface area contributed by atoms with Gasteiger partial charge in [0.15, 0.2) is 5.96 Å². The van der Waals surface area contributed by atoms with E-state index in [1.807, 2.05) is 13.1 Å². The van der Waals surface area contributed by atoms with Crippen LogP contribution in [0.1, 0.15) is 37.5 Å². The second-order valence-electron chi connectivity index (χ2n) is 7.62. The van der Waals surface area contributed by atoms with Crippen LogP contribution in [0.25, 0.3) is 0 Å². The van der Waals surface area contributed by atoms with Crippen molar-refractivity contribution in [1.82, 2.24) is 15.5 Å². The predicted molar refractivity (Wildman–Crippen MR) is 136 cm³/mol. The van der Waals surface area contributed by atoms with Crippen molar-refractivity contribution in [3.63, 3.8) is 0 Å². The number of hydrogen-bond donors (Lipinski definition) is 2. The molecule has 6 nitrogen and oxygen atoms in total. The number of unbranched alkanes of at least 4 members (excludes halogenated alkanes) is 1. The van der Waals surface area contributed by atoms with Gasteiger partial charge in [-0.3, -0.25) is 9.89 Å². The summed E-state index contributed by atoms with van der Waals surface area (Å²) >= 11 is 0. The lowest BCUT2D eigenvalue weighted by atomic mass is 10.2. The minimum atomic E-state index is 0. The zero-order valence-electron chi connectivity index (χ0n) is 18.2. The molecular weight excluding hydrogens is 489 g/mol. The largest absolute Gasteiger partial charge is 0.468 e. The third-order valence-corrected chi connectivity index (χ3v) is 5.55. The summed E-state index contributed by atoms with van der Waals surface area (Å²) in [5.74, 6) is 1.89. The van der Waals surface area contributed by atoms with Crippen LogP contribution in [0.15, 0.2) is 58.1 Å². The molecule has 1 atom stereocenters. The highest BCUT2D eigenvalue weighted by Gasteiger charge is 2.25. The number of nitrogens with one attached hydrogen (secondary N) is 2. The first-order valence-corrected chi connectivity index (χ1v) is 10.8. The zero-order chi connectivity index (χ0) is 20.3. The van der Waals surface area contributed by atoms with Gasteiger partial charge >= 0.3 is 0 Å². The second-order valence-corrected chi connectivity index (χ2v) is 7.62. The highest BCUT2D eigenvalue weighted by atomic mass is 127. The maximum atomic E-state index is 5.70. The fourth-order valence-corrected chi connectivity index (χ4v) is 3.85. The Labute approximate surface area is 198 Å². The van der Waals surface area contributed by atoms with E-state index in [0.717, 1.165) is 57.3 Å². The smallest absolute Gasteiger partial charge is 0.191 e. The van der Waals surface area contributed by atoms with Crippen LogP contribution in [0.5, 0.6) is 0 Å². The van der Waals surface area contributed by atoms with Gasteiger partial charge in [-0.2, -0.15) is 0 Å². The molecule has 0 radical (unpaired) electrons. The molecule has 0 amide bonds. The van der Waals surface area contributed by atoms with Crippen LogP contribution in [0.2, 0.25) is 0 Å². The van der Waals surface area contributed by atoms with E-state index in [-0.39, 0.29) is 30.0 Å². The normalized spacial score (nSPS) is 15.5. The van der Waals surface area contributed by atoms with Crippen molar-refractivity contribution in [2.45, 2.75) is 31.7 Å². The van der Waals surface area contributed by atoms with Crippen LogP contribution in [-0.4, -0.2) is 57.7 Å². The Morgan fingerprint density at radius 3 is 2.53 bits per heavy atom. The summed E-state index contributed by atoms with van der Waals surface area (Å²) < 4.78 is 5.70. The zero-order valence-corrected chi connectivity index (χ0v) is 20.5. The third-order valence-electron chi connectivity index (χ3n) is 5.55. The van der Waals surface area contributed by atoms with Gasteiger partial charge in [-0.25, -0.2) is 0 Å². The average molecular weight is 525 g/mol. The number of halogens is 1. The molecule has 2 aromatic rings. The summed E-state index contributed by atoms with van der Waals surface area (Å²) in [6.07, 6.45) is 6.53. The lowest BCUT2D eigenvalue weighted by Gasteiger charge is -2.26. The number of likely N-dealkylation sites (tertiary alicyclic amines) is 1. The highest BCUT2D eigenvalue weighted by molar-refractivity contribution is 14.0. The molecule has 1 unspecified atom stereocenters. The molecule has 7 heteroatoms. The molecule has 0 spiro atoms. The number of guanidine groups is 1. The number of hydrogen-bond acceptors (Lipinski definition) is 4. The van der Waals surface area contributed by atoms with Crippen LogP contribution in [0.3, 0.4) is 0 Å². The van der Waals surface area contributed by atoms with Crippen LogP contribution < -0.4 is 15.5 Å². The molecule has 1 aliphatic rings.